The number of anilines is 1. The van der Waals surface area contributed by atoms with Crippen LogP contribution in [0.3, 0.4) is 0 Å². The maximum Gasteiger partial charge on any atom is 0.180 e. The lowest BCUT2D eigenvalue weighted by Crippen LogP contribution is -2.04. The number of hydrogen-bond donors (Lipinski definition) is 1. The molecule has 0 aliphatic rings. The second kappa shape index (κ2) is 4.94. The molecule has 0 radical (unpaired) electrons. The van der Waals surface area contributed by atoms with Crippen LogP contribution in [0.15, 0.2) is 23.6 Å². The van der Waals surface area contributed by atoms with Gasteiger partial charge in [0, 0.05) is 10.4 Å². The molecule has 1 heterocycles. The van der Waals surface area contributed by atoms with Gasteiger partial charge >= 0.3 is 0 Å². The van der Waals surface area contributed by atoms with Gasteiger partial charge in [0.25, 0.3) is 0 Å². The molecule has 1 aromatic carbocycles. The van der Waals surface area contributed by atoms with Crippen LogP contribution in [0.2, 0.25) is 5.02 Å². The average molecular weight is 269 g/mol. The highest BCUT2D eigenvalue weighted by atomic mass is 35.5. The van der Waals surface area contributed by atoms with Crippen LogP contribution in [0, 0.1) is 6.92 Å². The zero-order chi connectivity index (χ0) is 12.4. The molecule has 0 fully saturated rings. The zero-order valence-corrected chi connectivity index (χ0v) is 11.2. The zero-order valence-electron chi connectivity index (χ0n) is 9.61. The molecule has 0 saturated carbocycles. The monoisotopic (exact) mass is 268 g/mol. The molecular weight excluding hydrogens is 256 g/mol. The van der Waals surface area contributed by atoms with Crippen molar-refractivity contribution in [3.63, 3.8) is 0 Å². The van der Waals surface area contributed by atoms with Gasteiger partial charge < -0.3 is 10.5 Å². The van der Waals surface area contributed by atoms with Crippen molar-refractivity contribution >= 4 is 28.1 Å². The third-order valence-corrected chi connectivity index (χ3v) is 3.32. The summed E-state index contributed by atoms with van der Waals surface area (Å²) in [7, 11) is 0. The number of benzene rings is 1. The number of ether oxygens (including phenoxy) is 1. The van der Waals surface area contributed by atoms with E-state index >= 15 is 0 Å². The summed E-state index contributed by atoms with van der Waals surface area (Å²) in [5, 5.41) is 3.18. The summed E-state index contributed by atoms with van der Waals surface area (Å²) in [6.07, 6.45) is -0.122. The van der Waals surface area contributed by atoms with E-state index in [4.69, 9.17) is 22.1 Å². The molecule has 0 aliphatic carbocycles. The first kappa shape index (κ1) is 12.2. The number of thiazole rings is 1. The van der Waals surface area contributed by atoms with Gasteiger partial charge in [-0.15, -0.1) is 11.3 Å². The van der Waals surface area contributed by atoms with E-state index in [9.17, 15) is 0 Å². The standard InChI is InChI=1S/C12H13ClN2OS/c1-7-5-9(13)3-4-11(7)16-8(2)10-6-17-12(14)15-10/h3-6,8H,1-2H3,(H2,14,15). The number of nitrogen functional groups attached to an aromatic ring is 1. The molecule has 90 valence electrons. The molecule has 1 aromatic heterocycles. The van der Waals surface area contributed by atoms with Crippen LogP contribution in [0.5, 0.6) is 5.75 Å². The van der Waals surface area contributed by atoms with Crippen LogP contribution in [0.1, 0.15) is 24.3 Å². The summed E-state index contributed by atoms with van der Waals surface area (Å²) in [4.78, 5) is 4.20. The maximum atomic E-state index is 5.89. The molecule has 2 rings (SSSR count). The van der Waals surface area contributed by atoms with Gasteiger partial charge in [0.15, 0.2) is 5.13 Å². The summed E-state index contributed by atoms with van der Waals surface area (Å²) in [5.41, 5.74) is 7.45. The third-order valence-electron chi connectivity index (χ3n) is 2.40. The highest BCUT2D eigenvalue weighted by Gasteiger charge is 2.12. The van der Waals surface area contributed by atoms with Crippen molar-refractivity contribution in [1.29, 1.82) is 0 Å². The number of hydrogen-bond acceptors (Lipinski definition) is 4. The summed E-state index contributed by atoms with van der Waals surface area (Å²) >= 11 is 7.31. The van der Waals surface area contributed by atoms with Gasteiger partial charge in [-0.25, -0.2) is 4.98 Å². The van der Waals surface area contributed by atoms with Crippen molar-refractivity contribution in [3.05, 3.63) is 39.9 Å². The number of nitrogens with two attached hydrogens (primary N) is 1. The smallest absolute Gasteiger partial charge is 0.180 e. The van der Waals surface area contributed by atoms with Crippen molar-refractivity contribution in [1.82, 2.24) is 4.98 Å². The average Bonchev–Trinajstić information content (AvgIpc) is 2.69. The minimum Gasteiger partial charge on any atom is -0.484 e. The van der Waals surface area contributed by atoms with Gasteiger partial charge in [-0.3, -0.25) is 0 Å². The van der Waals surface area contributed by atoms with Crippen molar-refractivity contribution in [2.75, 3.05) is 5.73 Å². The Kier molecular flexibility index (Phi) is 3.54. The normalized spacial score (nSPS) is 12.4. The number of rotatable bonds is 3. The van der Waals surface area contributed by atoms with E-state index in [1.165, 1.54) is 11.3 Å². The molecule has 5 heteroatoms. The van der Waals surface area contributed by atoms with Crippen molar-refractivity contribution in [2.24, 2.45) is 0 Å². The lowest BCUT2D eigenvalue weighted by Gasteiger charge is -2.14. The van der Waals surface area contributed by atoms with E-state index in [2.05, 4.69) is 4.98 Å². The Labute approximate surface area is 109 Å². The van der Waals surface area contributed by atoms with Gasteiger partial charge in [0.2, 0.25) is 0 Å². The molecule has 0 spiro atoms. The quantitative estimate of drug-likeness (QED) is 0.920. The minimum atomic E-state index is -0.122. The van der Waals surface area contributed by atoms with E-state index in [1.807, 2.05) is 37.4 Å². The topological polar surface area (TPSA) is 48.1 Å². The number of aromatic nitrogens is 1. The third kappa shape index (κ3) is 2.90. The molecule has 3 nitrogen and oxygen atoms in total. The second-order valence-corrected chi connectivity index (χ2v) is 5.11. The fourth-order valence-corrected chi connectivity index (χ4v) is 2.35. The Morgan fingerprint density at radius 2 is 2.24 bits per heavy atom. The minimum absolute atomic E-state index is 0.122. The second-order valence-electron chi connectivity index (χ2n) is 3.78. The SMILES string of the molecule is Cc1cc(Cl)ccc1OC(C)c1csc(N)n1. The van der Waals surface area contributed by atoms with E-state index in [-0.39, 0.29) is 6.10 Å². The Balaban J connectivity index is 2.15. The number of aryl methyl sites for hydroxylation is 1. The van der Waals surface area contributed by atoms with Gasteiger partial charge in [-0.05, 0) is 37.6 Å². The molecule has 1 unspecified atom stereocenters. The van der Waals surface area contributed by atoms with E-state index < -0.39 is 0 Å². The molecule has 0 amide bonds. The van der Waals surface area contributed by atoms with Crippen LogP contribution in [0.4, 0.5) is 5.13 Å². The first-order chi connectivity index (χ1) is 8.06. The maximum absolute atomic E-state index is 5.89. The van der Waals surface area contributed by atoms with Crippen LogP contribution < -0.4 is 10.5 Å². The van der Waals surface area contributed by atoms with Crippen LogP contribution in [-0.2, 0) is 0 Å². The molecular formula is C12H13ClN2OS. The predicted octanol–water partition coefficient (Wildman–Crippen LogP) is 3.83. The highest BCUT2D eigenvalue weighted by Crippen LogP contribution is 2.27. The predicted molar refractivity (Wildman–Crippen MR) is 71.8 cm³/mol. The fourth-order valence-electron chi connectivity index (χ4n) is 1.48. The fraction of sp³-hybridized carbons (Fsp3) is 0.250. The summed E-state index contributed by atoms with van der Waals surface area (Å²) in [6.45, 7) is 3.91. The van der Waals surface area contributed by atoms with Gasteiger partial charge in [0.05, 0.1) is 5.69 Å². The molecule has 2 N–H and O–H groups in total. The Bertz CT molecular complexity index is 527. The Hall–Kier alpha value is -1.26. The van der Waals surface area contributed by atoms with Crippen LogP contribution in [0.25, 0.3) is 0 Å². The van der Waals surface area contributed by atoms with Gasteiger partial charge in [-0.1, -0.05) is 11.6 Å². The first-order valence-electron chi connectivity index (χ1n) is 5.20. The van der Waals surface area contributed by atoms with E-state index in [0.717, 1.165) is 17.0 Å². The first-order valence-corrected chi connectivity index (χ1v) is 6.45. The molecule has 17 heavy (non-hydrogen) atoms. The van der Waals surface area contributed by atoms with E-state index in [0.29, 0.717) is 10.2 Å². The Morgan fingerprint density at radius 3 is 2.82 bits per heavy atom. The lowest BCUT2D eigenvalue weighted by atomic mass is 10.2. The van der Waals surface area contributed by atoms with Crippen molar-refractivity contribution in [3.8, 4) is 5.75 Å². The lowest BCUT2D eigenvalue weighted by molar-refractivity contribution is 0.221. The molecule has 0 bridgehead atoms. The summed E-state index contributed by atoms with van der Waals surface area (Å²) in [5.74, 6) is 0.813. The van der Waals surface area contributed by atoms with Crippen LogP contribution >= 0.6 is 22.9 Å². The van der Waals surface area contributed by atoms with Crippen molar-refractivity contribution < 1.29 is 4.74 Å². The highest BCUT2D eigenvalue weighted by molar-refractivity contribution is 7.13. The molecule has 1 atom stereocenters. The molecule has 2 aromatic rings. The molecule has 0 saturated heterocycles. The largest absolute Gasteiger partial charge is 0.484 e. The number of nitrogens with zero attached hydrogens (tertiary/aromatic N) is 1. The Morgan fingerprint density at radius 1 is 1.47 bits per heavy atom. The summed E-state index contributed by atoms with van der Waals surface area (Å²) in [6, 6.07) is 5.55. The van der Waals surface area contributed by atoms with Crippen LogP contribution in [-0.4, -0.2) is 4.98 Å². The van der Waals surface area contributed by atoms with Gasteiger partial charge in [0.1, 0.15) is 11.9 Å². The summed E-state index contributed by atoms with van der Waals surface area (Å²) < 4.78 is 5.83. The van der Waals surface area contributed by atoms with Crippen molar-refractivity contribution in [2.45, 2.75) is 20.0 Å². The van der Waals surface area contributed by atoms with Gasteiger partial charge in [-0.2, -0.15) is 0 Å². The molecule has 0 aliphatic heterocycles. The number of halogens is 1. The van der Waals surface area contributed by atoms with E-state index in [1.54, 1.807) is 0 Å².